The highest BCUT2D eigenvalue weighted by molar-refractivity contribution is 5.98. The Morgan fingerprint density at radius 2 is 1.41 bits per heavy atom. The maximum absolute atomic E-state index is 13.3. The van der Waals surface area contributed by atoms with Crippen LogP contribution < -0.4 is 5.32 Å². The van der Waals surface area contributed by atoms with Crippen LogP contribution in [0.3, 0.4) is 0 Å². The van der Waals surface area contributed by atoms with Gasteiger partial charge in [-0.15, -0.1) is 0 Å². The molecule has 0 spiro atoms. The lowest BCUT2D eigenvalue weighted by Gasteiger charge is -2.27. The van der Waals surface area contributed by atoms with E-state index in [2.05, 4.69) is 15.3 Å². The summed E-state index contributed by atoms with van der Waals surface area (Å²) in [5.41, 5.74) is 2.00. The summed E-state index contributed by atoms with van der Waals surface area (Å²) in [4.78, 5) is 31.0. The molecule has 0 saturated heterocycles. The van der Waals surface area contributed by atoms with Gasteiger partial charge in [-0.05, 0) is 52.9 Å². The molecule has 41 heavy (non-hydrogen) atoms. The van der Waals surface area contributed by atoms with E-state index in [9.17, 15) is 31.1 Å². The monoisotopic (exact) mass is 577 g/mol. The highest BCUT2D eigenvalue weighted by Crippen LogP contribution is 2.34. The van der Waals surface area contributed by atoms with E-state index in [0.717, 1.165) is 23.1 Å². The van der Waals surface area contributed by atoms with Gasteiger partial charge in [-0.25, -0.2) is 4.79 Å². The molecule has 0 unspecified atom stereocenters. The van der Waals surface area contributed by atoms with Crippen LogP contribution in [0.2, 0.25) is 0 Å². The van der Waals surface area contributed by atoms with Crippen molar-refractivity contribution in [2.24, 2.45) is 0 Å². The maximum Gasteiger partial charge on any atom is 0.490 e. The van der Waals surface area contributed by atoms with Crippen molar-refractivity contribution in [3.63, 3.8) is 0 Å². The van der Waals surface area contributed by atoms with Gasteiger partial charge in [-0.2, -0.15) is 26.3 Å². The first kappa shape index (κ1) is 31.1. The average molecular weight is 578 g/mol. The second kappa shape index (κ2) is 11.9. The summed E-state index contributed by atoms with van der Waals surface area (Å²) in [6.45, 7) is 6.07. The van der Waals surface area contributed by atoms with Gasteiger partial charge >= 0.3 is 18.3 Å². The third kappa shape index (κ3) is 8.03. The number of carbonyl (C=O) groups excluding carboxylic acids is 1. The second-order valence-electron chi connectivity index (χ2n) is 9.93. The Balaban J connectivity index is 0.000000587. The number of nitrogens with zero attached hydrogens (tertiary/aromatic N) is 2. The van der Waals surface area contributed by atoms with Crippen molar-refractivity contribution in [1.29, 1.82) is 0 Å². The van der Waals surface area contributed by atoms with Crippen LogP contribution in [-0.4, -0.2) is 33.1 Å². The molecule has 2 aromatic heterocycles. The Hall–Kier alpha value is -4.48. The molecule has 1 atom stereocenters. The summed E-state index contributed by atoms with van der Waals surface area (Å²) >= 11 is 0. The molecule has 2 aromatic carbocycles. The number of carbonyl (C=O) groups is 2. The quantitative estimate of drug-likeness (QED) is 0.253. The van der Waals surface area contributed by atoms with Crippen LogP contribution in [0.5, 0.6) is 0 Å². The Kier molecular flexibility index (Phi) is 9.05. The smallest absolute Gasteiger partial charge is 0.475 e. The molecule has 2 N–H and O–H groups in total. The summed E-state index contributed by atoms with van der Waals surface area (Å²) in [5, 5.41) is 11.0. The van der Waals surface area contributed by atoms with Crippen LogP contribution in [-0.2, 0) is 16.4 Å². The van der Waals surface area contributed by atoms with Crippen LogP contribution in [0.25, 0.3) is 10.9 Å². The minimum atomic E-state index is -5.08. The van der Waals surface area contributed by atoms with Gasteiger partial charge in [0.1, 0.15) is 0 Å². The van der Waals surface area contributed by atoms with E-state index in [4.69, 9.17) is 9.90 Å². The maximum atomic E-state index is 13.3. The minimum Gasteiger partial charge on any atom is -0.475 e. The molecular weight excluding hydrogens is 552 g/mol. The van der Waals surface area contributed by atoms with Crippen molar-refractivity contribution >= 4 is 22.8 Å². The number of alkyl halides is 6. The van der Waals surface area contributed by atoms with Crippen LogP contribution in [0.15, 0.2) is 79.1 Å². The number of hydrogen-bond donors (Lipinski definition) is 2. The molecule has 0 bridgehead atoms. The number of pyridine rings is 2. The first-order chi connectivity index (χ1) is 19.0. The highest BCUT2D eigenvalue weighted by atomic mass is 19.4. The topological polar surface area (TPSA) is 92.2 Å². The Bertz CT molecular complexity index is 1530. The van der Waals surface area contributed by atoms with Crippen molar-refractivity contribution < 1.29 is 41.0 Å². The molecule has 0 aliphatic heterocycles. The molecule has 0 aliphatic rings. The van der Waals surface area contributed by atoms with Gasteiger partial charge in [0.2, 0.25) is 0 Å². The van der Waals surface area contributed by atoms with Crippen molar-refractivity contribution in [2.45, 2.75) is 44.6 Å². The Morgan fingerprint density at radius 1 is 0.829 bits per heavy atom. The number of aromatic nitrogens is 2. The van der Waals surface area contributed by atoms with Gasteiger partial charge in [-0.3, -0.25) is 14.8 Å². The SMILES string of the molecule is CC(C)(C)c1cccnc1[C@@H](NC(=O)c1ccc2cccnc2c1)c1ccc(C(F)(F)F)cc1.O=C(O)C(F)(F)F. The molecule has 4 aromatic rings. The van der Waals surface area contributed by atoms with Crippen LogP contribution in [0.4, 0.5) is 26.3 Å². The Labute approximate surface area is 231 Å². The standard InChI is InChI=1S/C27H24F3N3O.C2HF3O2/c1-26(2,3)21-7-5-15-32-24(21)23(18-10-12-20(13-11-18)27(28,29)30)33-25(34)19-9-8-17-6-4-14-31-22(17)16-19;3-2(4,5)1(6)7/h4-16,23H,1-3H3,(H,33,34);(H,6,7)/t23-;/m0./s1. The number of carboxylic acid groups (broad SMARTS) is 1. The summed E-state index contributed by atoms with van der Waals surface area (Å²) < 4.78 is 71.1. The number of amides is 1. The van der Waals surface area contributed by atoms with E-state index in [1.807, 2.05) is 51.1 Å². The van der Waals surface area contributed by atoms with Gasteiger partial charge in [0.25, 0.3) is 5.91 Å². The molecule has 4 rings (SSSR count). The second-order valence-corrected chi connectivity index (χ2v) is 9.93. The predicted octanol–water partition coefficient (Wildman–Crippen LogP) is 7.10. The third-order valence-corrected chi connectivity index (χ3v) is 5.88. The fourth-order valence-electron chi connectivity index (χ4n) is 3.88. The summed E-state index contributed by atoms with van der Waals surface area (Å²) in [6, 6.07) is 16.7. The molecule has 0 aliphatic carbocycles. The number of benzene rings is 2. The number of rotatable bonds is 4. The van der Waals surface area contributed by atoms with E-state index in [1.54, 1.807) is 24.5 Å². The molecule has 2 heterocycles. The van der Waals surface area contributed by atoms with Crippen LogP contribution >= 0.6 is 0 Å². The number of nitrogens with one attached hydrogen (secondary N) is 1. The van der Waals surface area contributed by atoms with Gasteiger partial charge in [0, 0.05) is 23.3 Å². The van der Waals surface area contributed by atoms with E-state index in [0.29, 0.717) is 22.3 Å². The van der Waals surface area contributed by atoms with E-state index in [1.165, 1.54) is 12.1 Å². The van der Waals surface area contributed by atoms with E-state index < -0.39 is 29.9 Å². The summed E-state index contributed by atoms with van der Waals surface area (Å²) in [6.07, 6.45) is -6.26. The molecule has 0 fully saturated rings. The average Bonchev–Trinajstić information content (AvgIpc) is 2.90. The number of aliphatic carboxylic acids is 1. The van der Waals surface area contributed by atoms with Gasteiger partial charge in [-0.1, -0.05) is 51.1 Å². The van der Waals surface area contributed by atoms with Crippen LogP contribution in [0.1, 0.15) is 59.6 Å². The number of hydrogen-bond acceptors (Lipinski definition) is 4. The zero-order valence-corrected chi connectivity index (χ0v) is 22.0. The normalized spacial score (nSPS) is 12.7. The predicted molar refractivity (Wildman–Crippen MR) is 139 cm³/mol. The Morgan fingerprint density at radius 3 is 1.98 bits per heavy atom. The van der Waals surface area contributed by atoms with Crippen molar-refractivity contribution in [3.8, 4) is 0 Å². The van der Waals surface area contributed by atoms with Gasteiger partial charge < -0.3 is 10.4 Å². The number of carboxylic acids is 1. The molecule has 6 nitrogen and oxygen atoms in total. The molecule has 0 saturated carbocycles. The molecule has 1 amide bonds. The first-order valence-corrected chi connectivity index (χ1v) is 12.1. The fourth-order valence-corrected chi connectivity index (χ4v) is 3.88. The van der Waals surface area contributed by atoms with Crippen molar-refractivity contribution in [2.75, 3.05) is 0 Å². The lowest BCUT2D eigenvalue weighted by atomic mass is 9.83. The number of fused-ring (bicyclic) bond motifs is 1. The molecule has 0 radical (unpaired) electrons. The lowest BCUT2D eigenvalue weighted by molar-refractivity contribution is -0.192. The fraction of sp³-hybridized carbons (Fsp3) is 0.241. The van der Waals surface area contributed by atoms with Crippen LogP contribution in [0, 0.1) is 0 Å². The van der Waals surface area contributed by atoms with Gasteiger partial charge in [0.05, 0.1) is 22.8 Å². The molecular formula is C29H25F6N3O3. The van der Waals surface area contributed by atoms with Crippen molar-refractivity contribution in [1.82, 2.24) is 15.3 Å². The zero-order chi connectivity index (χ0) is 30.6. The number of halogens is 6. The highest BCUT2D eigenvalue weighted by Gasteiger charge is 2.38. The summed E-state index contributed by atoms with van der Waals surface area (Å²) in [5.74, 6) is -3.13. The third-order valence-electron chi connectivity index (χ3n) is 5.88. The first-order valence-electron chi connectivity index (χ1n) is 12.1. The zero-order valence-electron chi connectivity index (χ0n) is 22.0. The lowest BCUT2D eigenvalue weighted by Crippen LogP contribution is -2.32. The largest absolute Gasteiger partial charge is 0.490 e. The molecule has 12 heteroatoms. The van der Waals surface area contributed by atoms with E-state index >= 15 is 0 Å². The minimum absolute atomic E-state index is 0.300. The van der Waals surface area contributed by atoms with E-state index in [-0.39, 0.29) is 11.3 Å². The van der Waals surface area contributed by atoms with Crippen molar-refractivity contribution in [3.05, 3.63) is 107 Å². The molecule has 216 valence electrons. The van der Waals surface area contributed by atoms with Gasteiger partial charge in [0.15, 0.2) is 0 Å². The summed E-state index contributed by atoms with van der Waals surface area (Å²) in [7, 11) is 0.